The van der Waals surface area contributed by atoms with Gasteiger partial charge in [0, 0.05) is 12.0 Å². The van der Waals surface area contributed by atoms with E-state index in [2.05, 4.69) is 19.9 Å². The first-order chi connectivity index (χ1) is 8.77. The van der Waals surface area contributed by atoms with Crippen LogP contribution in [0.3, 0.4) is 0 Å². The number of hydrogen-bond acceptors (Lipinski definition) is 2. The number of rotatable bonds is 1. The van der Waals surface area contributed by atoms with Gasteiger partial charge in [-0.2, -0.15) is 0 Å². The topological polar surface area (TPSA) is 29.5 Å². The van der Waals surface area contributed by atoms with Crippen molar-refractivity contribution in [2.75, 3.05) is 11.4 Å². The Kier molecular flexibility index (Phi) is 3.33. The lowest BCUT2D eigenvalue weighted by Gasteiger charge is -2.26. The van der Waals surface area contributed by atoms with Crippen LogP contribution < -0.4 is 4.90 Å². The lowest BCUT2D eigenvalue weighted by atomic mass is 9.82. The zero-order chi connectivity index (χ0) is 14.3. The van der Waals surface area contributed by atoms with Gasteiger partial charge < -0.3 is 4.74 Å². The van der Waals surface area contributed by atoms with E-state index in [1.165, 1.54) is 5.56 Å². The van der Waals surface area contributed by atoms with Crippen LogP contribution in [0.4, 0.5) is 10.5 Å². The van der Waals surface area contributed by atoms with Crippen LogP contribution in [-0.2, 0) is 10.2 Å². The fourth-order valence-electron chi connectivity index (χ4n) is 2.52. The van der Waals surface area contributed by atoms with Crippen LogP contribution in [0, 0.1) is 0 Å². The maximum Gasteiger partial charge on any atom is 0.414 e. The van der Waals surface area contributed by atoms with Gasteiger partial charge in [-0.25, -0.2) is 4.79 Å². The molecule has 0 saturated carbocycles. The third-order valence-corrected chi connectivity index (χ3v) is 3.75. The summed E-state index contributed by atoms with van der Waals surface area (Å²) in [6.45, 7) is 10.7. The number of anilines is 1. The fourth-order valence-corrected chi connectivity index (χ4v) is 2.52. The number of ether oxygens (including phenoxy) is 1. The molecule has 1 aliphatic heterocycles. The minimum absolute atomic E-state index is 0.0213. The van der Waals surface area contributed by atoms with Crippen LogP contribution in [0.5, 0.6) is 0 Å². The van der Waals surface area contributed by atoms with Crippen LogP contribution >= 0.6 is 0 Å². The first-order valence-electron chi connectivity index (χ1n) is 6.87. The fraction of sp³-hybridized carbons (Fsp3) is 0.562. The van der Waals surface area contributed by atoms with Gasteiger partial charge in [0.05, 0.1) is 5.69 Å². The zero-order valence-electron chi connectivity index (χ0n) is 12.5. The first kappa shape index (κ1) is 13.9. The Bertz CT molecular complexity index is 490. The van der Waals surface area contributed by atoms with Crippen molar-refractivity contribution in [1.29, 1.82) is 0 Å². The van der Waals surface area contributed by atoms with Gasteiger partial charge in [-0.05, 0) is 38.8 Å². The molecule has 0 aliphatic carbocycles. The Morgan fingerprint density at radius 3 is 2.58 bits per heavy atom. The molecular weight excluding hydrogens is 238 g/mol. The summed E-state index contributed by atoms with van der Waals surface area (Å²) in [5.41, 5.74) is 1.79. The second-order valence-electron chi connectivity index (χ2n) is 6.50. The van der Waals surface area contributed by atoms with E-state index in [0.717, 1.165) is 12.1 Å². The molecule has 104 valence electrons. The highest BCUT2D eigenvalue weighted by atomic mass is 16.6. The quantitative estimate of drug-likeness (QED) is 0.761. The number of fused-ring (bicyclic) bond motifs is 1. The van der Waals surface area contributed by atoms with Gasteiger partial charge in [-0.15, -0.1) is 0 Å². The lowest BCUT2D eigenvalue weighted by molar-refractivity contribution is 0.0578. The number of amides is 1. The summed E-state index contributed by atoms with van der Waals surface area (Å²) in [5, 5.41) is 0. The summed E-state index contributed by atoms with van der Waals surface area (Å²) in [4.78, 5) is 14.1. The molecule has 1 atom stereocenters. The molecule has 3 heteroatoms. The maximum absolute atomic E-state index is 12.3. The SMILES string of the molecule is CCC1(C)CN(C(=O)OC(C)(C)C)c2ccccc21. The molecule has 1 heterocycles. The molecule has 2 rings (SSSR count). The molecule has 0 radical (unpaired) electrons. The molecule has 1 amide bonds. The minimum Gasteiger partial charge on any atom is -0.443 e. The molecule has 19 heavy (non-hydrogen) atoms. The van der Waals surface area contributed by atoms with Crippen molar-refractivity contribution in [2.24, 2.45) is 0 Å². The third-order valence-electron chi connectivity index (χ3n) is 3.75. The van der Waals surface area contributed by atoms with Gasteiger partial charge in [-0.3, -0.25) is 4.90 Å². The van der Waals surface area contributed by atoms with Gasteiger partial charge in [-0.1, -0.05) is 32.0 Å². The Balaban J connectivity index is 2.33. The van der Waals surface area contributed by atoms with Gasteiger partial charge in [0.1, 0.15) is 5.60 Å². The number of hydrogen-bond donors (Lipinski definition) is 0. The monoisotopic (exact) mass is 261 g/mol. The van der Waals surface area contributed by atoms with Crippen molar-refractivity contribution in [2.45, 2.75) is 52.1 Å². The Labute approximate surface area is 115 Å². The molecule has 3 nitrogen and oxygen atoms in total. The molecule has 1 aromatic carbocycles. The second-order valence-corrected chi connectivity index (χ2v) is 6.50. The van der Waals surface area contributed by atoms with Crippen molar-refractivity contribution in [3.63, 3.8) is 0 Å². The standard InChI is InChI=1S/C16H23NO2/c1-6-16(5)11-17(14(18)19-15(2,3)4)13-10-8-7-9-12(13)16/h7-10H,6,11H2,1-5H3. The van der Waals surface area contributed by atoms with E-state index >= 15 is 0 Å². The number of carbonyl (C=O) groups is 1. The van der Waals surface area contributed by atoms with E-state index in [0.29, 0.717) is 6.54 Å². The Morgan fingerprint density at radius 2 is 2.00 bits per heavy atom. The number of nitrogens with zero attached hydrogens (tertiary/aromatic N) is 1. The van der Waals surface area contributed by atoms with E-state index in [1.54, 1.807) is 4.90 Å². The van der Waals surface area contributed by atoms with E-state index < -0.39 is 5.60 Å². The van der Waals surface area contributed by atoms with Crippen LogP contribution in [0.2, 0.25) is 0 Å². The van der Waals surface area contributed by atoms with E-state index in [9.17, 15) is 4.79 Å². The normalized spacial score (nSPS) is 22.3. The number of carbonyl (C=O) groups excluding carboxylic acids is 1. The van der Waals surface area contributed by atoms with Gasteiger partial charge >= 0.3 is 6.09 Å². The summed E-state index contributed by atoms with van der Waals surface area (Å²) in [6, 6.07) is 8.12. The summed E-state index contributed by atoms with van der Waals surface area (Å²) in [5.74, 6) is 0. The van der Waals surface area contributed by atoms with E-state index in [4.69, 9.17) is 4.74 Å². The molecule has 0 saturated heterocycles. The van der Waals surface area contributed by atoms with Gasteiger partial charge in [0.15, 0.2) is 0 Å². The van der Waals surface area contributed by atoms with Crippen LogP contribution in [-0.4, -0.2) is 18.2 Å². The molecule has 1 aliphatic rings. The van der Waals surface area contributed by atoms with E-state index in [1.807, 2.05) is 39.0 Å². The van der Waals surface area contributed by atoms with Crippen LogP contribution in [0.15, 0.2) is 24.3 Å². The van der Waals surface area contributed by atoms with Crippen molar-refractivity contribution in [3.05, 3.63) is 29.8 Å². The first-order valence-corrected chi connectivity index (χ1v) is 6.87. The van der Waals surface area contributed by atoms with Crippen molar-refractivity contribution in [1.82, 2.24) is 0 Å². The number of para-hydroxylation sites is 1. The zero-order valence-corrected chi connectivity index (χ0v) is 12.5. The van der Waals surface area contributed by atoms with Crippen LogP contribution in [0.25, 0.3) is 0 Å². The average Bonchev–Trinajstić information content (AvgIpc) is 2.63. The van der Waals surface area contributed by atoms with E-state index in [-0.39, 0.29) is 11.5 Å². The summed E-state index contributed by atoms with van der Waals surface area (Å²) in [6.07, 6.45) is 0.751. The van der Waals surface area contributed by atoms with Crippen molar-refractivity contribution >= 4 is 11.8 Å². The highest BCUT2D eigenvalue weighted by Crippen LogP contribution is 2.42. The largest absolute Gasteiger partial charge is 0.443 e. The highest BCUT2D eigenvalue weighted by Gasteiger charge is 2.41. The predicted molar refractivity (Wildman–Crippen MR) is 77.7 cm³/mol. The molecule has 0 spiro atoms. The van der Waals surface area contributed by atoms with Gasteiger partial charge in [0.25, 0.3) is 0 Å². The second kappa shape index (κ2) is 4.55. The molecule has 0 fully saturated rings. The van der Waals surface area contributed by atoms with Crippen molar-refractivity contribution in [3.8, 4) is 0 Å². The van der Waals surface area contributed by atoms with Crippen molar-refractivity contribution < 1.29 is 9.53 Å². The summed E-state index contributed by atoms with van der Waals surface area (Å²) in [7, 11) is 0. The Morgan fingerprint density at radius 1 is 1.37 bits per heavy atom. The maximum atomic E-state index is 12.3. The molecule has 0 bridgehead atoms. The van der Waals surface area contributed by atoms with Gasteiger partial charge in [0.2, 0.25) is 0 Å². The average molecular weight is 261 g/mol. The Hall–Kier alpha value is -1.51. The lowest BCUT2D eigenvalue weighted by Crippen LogP contribution is -2.39. The molecule has 0 N–H and O–H groups in total. The minimum atomic E-state index is -0.461. The third kappa shape index (κ3) is 2.60. The van der Waals surface area contributed by atoms with Crippen LogP contribution in [0.1, 0.15) is 46.6 Å². The molecule has 1 aromatic rings. The highest BCUT2D eigenvalue weighted by molar-refractivity contribution is 5.91. The number of benzene rings is 1. The summed E-state index contributed by atoms with van der Waals surface area (Å²) < 4.78 is 5.50. The molecule has 1 unspecified atom stereocenters. The predicted octanol–water partition coefficient (Wildman–Crippen LogP) is 4.11. The molecule has 0 aromatic heterocycles. The smallest absolute Gasteiger partial charge is 0.414 e. The summed E-state index contributed by atoms with van der Waals surface area (Å²) >= 11 is 0. The molecular formula is C16H23NO2.